The standard InChI is InChI=1S/C16H13IN2O4/c17-14(22)19-16-6-15(7-16,8-16)18-13(21)12-5-10(20)9-3-1-2-4-11(9)23-12/h1-5H,6-8H2,(H,18,21)(H,19,22). The van der Waals surface area contributed by atoms with E-state index in [1.54, 1.807) is 46.9 Å². The van der Waals surface area contributed by atoms with Crippen LogP contribution in [0, 0.1) is 0 Å². The number of para-hydroxylation sites is 1. The first-order valence-corrected chi connectivity index (χ1v) is 8.31. The number of hydrogen-bond acceptors (Lipinski definition) is 4. The first-order valence-electron chi connectivity index (χ1n) is 7.24. The van der Waals surface area contributed by atoms with Crippen LogP contribution in [0.5, 0.6) is 0 Å². The minimum Gasteiger partial charge on any atom is -0.451 e. The predicted molar refractivity (Wildman–Crippen MR) is 91.8 cm³/mol. The van der Waals surface area contributed by atoms with Gasteiger partial charge in [-0.2, -0.15) is 0 Å². The summed E-state index contributed by atoms with van der Waals surface area (Å²) in [6.45, 7) is 0. The van der Waals surface area contributed by atoms with Crippen molar-refractivity contribution in [3.63, 3.8) is 0 Å². The molecule has 1 aromatic carbocycles. The normalized spacial score (nSPS) is 27.7. The Morgan fingerprint density at radius 3 is 2.43 bits per heavy atom. The van der Waals surface area contributed by atoms with Crippen molar-refractivity contribution in [1.82, 2.24) is 10.6 Å². The smallest absolute Gasteiger partial charge is 0.287 e. The number of fused-ring (bicyclic) bond motifs is 1. The molecule has 0 atom stereocenters. The first kappa shape index (κ1) is 14.7. The topological polar surface area (TPSA) is 88.4 Å². The zero-order chi connectivity index (χ0) is 16.2. The molecule has 23 heavy (non-hydrogen) atoms. The van der Waals surface area contributed by atoms with Crippen molar-refractivity contribution in [2.24, 2.45) is 0 Å². The fourth-order valence-corrected chi connectivity index (χ4v) is 4.35. The summed E-state index contributed by atoms with van der Waals surface area (Å²) in [4.78, 5) is 35.5. The highest BCUT2D eigenvalue weighted by Crippen LogP contribution is 2.60. The molecule has 1 heterocycles. The van der Waals surface area contributed by atoms with E-state index in [0.717, 1.165) is 19.3 Å². The third-order valence-corrected chi connectivity index (χ3v) is 4.90. The Morgan fingerprint density at radius 2 is 1.74 bits per heavy atom. The van der Waals surface area contributed by atoms with Crippen LogP contribution in [0.25, 0.3) is 11.0 Å². The Kier molecular flexibility index (Phi) is 3.06. The van der Waals surface area contributed by atoms with Crippen molar-refractivity contribution in [3.05, 3.63) is 46.3 Å². The highest BCUT2D eigenvalue weighted by molar-refractivity contribution is 14.1. The van der Waals surface area contributed by atoms with Gasteiger partial charge in [-0.25, -0.2) is 0 Å². The average molecular weight is 424 g/mol. The van der Waals surface area contributed by atoms with E-state index >= 15 is 0 Å². The molecule has 2 amide bonds. The van der Waals surface area contributed by atoms with Crippen LogP contribution in [0.2, 0.25) is 0 Å². The number of carbonyl (C=O) groups excluding carboxylic acids is 2. The van der Waals surface area contributed by atoms with Crippen LogP contribution in [0.4, 0.5) is 4.79 Å². The lowest BCUT2D eigenvalue weighted by atomic mass is 9.44. The molecular formula is C16H13IN2O4. The van der Waals surface area contributed by atoms with E-state index in [9.17, 15) is 14.4 Å². The predicted octanol–water partition coefficient (Wildman–Crippen LogP) is 2.34. The van der Waals surface area contributed by atoms with Crippen LogP contribution in [-0.4, -0.2) is 20.9 Å². The molecule has 0 aliphatic heterocycles. The number of benzene rings is 1. The van der Waals surface area contributed by atoms with Crippen LogP contribution in [0.1, 0.15) is 29.8 Å². The summed E-state index contributed by atoms with van der Waals surface area (Å²) in [5, 5.41) is 6.31. The monoisotopic (exact) mass is 424 g/mol. The van der Waals surface area contributed by atoms with Crippen LogP contribution >= 0.6 is 22.6 Å². The van der Waals surface area contributed by atoms with E-state index in [1.807, 2.05) is 0 Å². The van der Waals surface area contributed by atoms with Gasteiger partial charge in [0.25, 0.3) is 9.82 Å². The van der Waals surface area contributed by atoms with Crippen LogP contribution in [-0.2, 0) is 0 Å². The van der Waals surface area contributed by atoms with Crippen molar-refractivity contribution in [1.29, 1.82) is 0 Å². The van der Waals surface area contributed by atoms with Crippen LogP contribution in [0.15, 0.2) is 39.5 Å². The lowest BCUT2D eigenvalue weighted by molar-refractivity contribution is -0.0873. The van der Waals surface area contributed by atoms with Gasteiger partial charge < -0.3 is 15.1 Å². The summed E-state index contributed by atoms with van der Waals surface area (Å²) < 4.78 is 5.46. The highest BCUT2D eigenvalue weighted by atomic mass is 127. The molecule has 0 spiro atoms. The van der Waals surface area contributed by atoms with E-state index in [4.69, 9.17) is 4.42 Å². The maximum atomic E-state index is 12.4. The van der Waals surface area contributed by atoms with Gasteiger partial charge >= 0.3 is 0 Å². The second-order valence-electron chi connectivity index (χ2n) is 6.41. The zero-order valence-corrected chi connectivity index (χ0v) is 14.2. The van der Waals surface area contributed by atoms with Gasteiger partial charge in [-0.15, -0.1) is 0 Å². The molecule has 0 unspecified atom stereocenters. The van der Waals surface area contributed by atoms with Crippen molar-refractivity contribution >= 4 is 43.4 Å². The first-order chi connectivity index (χ1) is 10.9. The Balaban J connectivity index is 1.51. The van der Waals surface area contributed by atoms with Gasteiger partial charge in [0.15, 0.2) is 11.2 Å². The van der Waals surface area contributed by atoms with E-state index in [0.29, 0.717) is 11.0 Å². The number of carbonyl (C=O) groups is 2. The van der Waals surface area contributed by atoms with Gasteiger partial charge in [0, 0.05) is 39.7 Å². The van der Waals surface area contributed by atoms with Crippen molar-refractivity contribution < 1.29 is 14.0 Å². The SMILES string of the molecule is O=C(I)NC12CC(NC(=O)c3cc(=O)c4ccccc4o3)(C1)C2. The molecule has 118 valence electrons. The lowest BCUT2D eigenvalue weighted by Crippen LogP contribution is -2.83. The summed E-state index contributed by atoms with van der Waals surface area (Å²) in [7, 11) is 0. The van der Waals surface area contributed by atoms with Crippen LogP contribution in [0.3, 0.4) is 0 Å². The average Bonchev–Trinajstić information content (AvgIpc) is 2.43. The summed E-state index contributed by atoms with van der Waals surface area (Å²) in [5.41, 5.74) is -0.268. The number of rotatable bonds is 3. The van der Waals surface area contributed by atoms with E-state index in [-0.39, 0.29) is 32.1 Å². The number of nitrogens with one attached hydrogen (secondary N) is 2. The maximum absolute atomic E-state index is 12.4. The van der Waals surface area contributed by atoms with Gasteiger partial charge in [-0.1, -0.05) is 12.1 Å². The number of amides is 2. The molecule has 0 saturated heterocycles. The molecule has 6 nitrogen and oxygen atoms in total. The van der Waals surface area contributed by atoms with Crippen LogP contribution < -0.4 is 16.1 Å². The molecule has 2 aromatic rings. The third kappa shape index (κ3) is 2.34. The fourth-order valence-electron chi connectivity index (χ4n) is 3.78. The van der Waals surface area contributed by atoms with E-state index < -0.39 is 0 Å². The van der Waals surface area contributed by atoms with Gasteiger partial charge in [-0.3, -0.25) is 14.4 Å². The lowest BCUT2D eigenvalue weighted by Gasteiger charge is -2.70. The third-order valence-electron chi connectivity index (χ3n) is 4.63. The van der Waals surface area contributed by atoms with E-state index in [1.165, 1.54) is 6.07 Å². The largest absolute Gasteiger partial charge is 0.451 e. The Bertz CT molecular complexity index is 885. The molecule has 0 radical (unpaired) electrons. The quantitative estimate of drug-likeness (QED) is 0.450. The molecule has 2 bridgehead atoms. The van der Waals surface area contributed by atoms with Gasteiger partial charge in [0.05, 0.1) is 5.39 Å². The maximum Gasteiger partial charge on any atom is 0.287 e. The van der Waals surface area contributed by atoms with Crippen molar-refractivity contribution in [3.8, 4) is 0 Å². The Morgan fingerprint density at radius 1 is 1.09 bits per heavy atom. The molecule has 5 rings (SSSR count). The molecule has 3 saturated carbocycles. The molecule has 7 heteroatoms. The molecular weight excluding hydrogens is 411 g/mol. The second kappa shape index (κ2) is 4.80. The summed E-state index contributed by atoms with van der Waals surface area (Å²) in [5.74, 6) is -0.368. The fraction of sp³-hybridized carbons (Fsp3) is 0.312. The molecule has 2 N–H and O–H groups in total. The Hall–Kier alpha value is -1.90. The Labute approximate surface area is 144 Å². The van der Waals surface area contributed by atoms with Gasteiger partial charge in [-0.05, 0) is 31.4 Å². The minimum atomic E-state index is -0.387. The zero-order valence-electron chi connectivity index (χ0n) is 12.0. The molecule has 1 aromatic heterocycles. The highest BCUT2D eigenvalue weighted by Gasteiger charge is 2.69. The van der Waals surface area contributed by atoms with E-state index in [2.05, 4.69) is 10.6 Å². The van der Waals surface area contributed by atoms with Gasteiger partial charge in [0.1, 0.15) is 5.58 Å². The summed E-state index contributed by atoms with van der Waals surface area (Å²) in [6, 6.07) is 8.07. The number of halogens is 1. The number of hydrogen-bond donors (Lipinski definition) is 2. The summed E-state index contributed by atoms with van der Waals surface area (Å²) in [6.07, 6.45) is 2.16. The van der Waals surface area contributed by atoms with Gasteiger partial charge in [0.2, 0.25) is 0 Å². The molecule has 3 fully saturated rings. The molecule has 3 aliphatic rings. The molecule has 3 aliphatic carbocycles. The second-order valence-corrected chi connectivity index (χ2v) is 7.39. The van der Waals surface area contributed by atoms with Crippen molar-refractivity contribution in [2.45, 2.75) is 30.3 Å². The van der Waals surface area contributed by atoms with Crippen molar-refractivity contribution in [2.75, 3.05) is 0 Å². The summed E-state index contributed by atoms with van der Waals surface area (Å²) >= 11 is 1.71. The minimum absolute atomic E-state index is 0.0189.